The second kappa shape index (κ2) is 20.2. The molecule has 1 aliphatic heterocycles. The van der Waals surface area contributed by atoms with E-state index in [0.717, 1.165) is 75.4 Å². The number of hydrogen-bond donors (Lipinski definition) is 4. The summed E-state index contributed by atoms with van der Waals surface area (Å²) in [7, 11) is 4.20. The van der Waals surface area contributed by atoms with Crippen molar-refractivity contribution in [3.63, 3.8) is 0 Å². The number of imidazole rings is 2. The molecule has 4 atom stereocenters. The van der Waals surface area contributed by atoms with Crippen molar-refractivity contribution in [3.8, 4) is 22.4 Å². The molecular formula is C46H60N8O8. The Balaban J connectivity index is 1.24. The lowest BCUT2D eigenvalue weighted by molar-refractivity contribution is -0.166. The number of nitrogens with zero attached hydrogens (tertiary/aromatic N) is 4. The molecule has 5 aromatic rings. The van der Waals surface area contributed by atoms with E-state index in [1.54, 1.807) is 23.1 Å². The highest BCUT2D eigenvalue weighted by molar-refractivity contribution is 6.05. The predicted molar refractivity (Wildman–Crippen MR) is 236 cm³/mol. The third kappa shape index (κ3) is 10.4. The van der Waals surface area contributed by atoms with Gasteiger partial charge in [0.25, 0.3) is 0 Å². The van der Waals surface area contributed by atoms with E-state index in [9.17, 15) is 19.2 Å². The minimum absolute atomic E-state index is 0.0730. The van der Waals surface area contributed by atoms with E-state index < -0.39 is 17.8 Å². The molecule has 62 heavy (non-hydrogen) atoms. The van der Waals surface area contributed by atoms with Crippen molar-refractivity contribution in [2.24, 2.45) is 0 Å². The van der Waals surface area contributed by atoms with Gasteiger partial charge < -0.3 is 49.3 Å². The van der Waals surface area contributed by atoms with Gasteiger partial charge in [-0.1, -0.05) is 44.2 Å². The summed E-state index contributed by atoms with van der Waals surface area (Å²) in [6.07, 6.45) is 4.68. The van der Waals surface area contributed by atoms with Crippen LogP contribution in [-0.4, -0.2) is 112 Å². The molecule has 3 aromatic carbocycles. The number of fused-ring (bicyclic) bond motifs is 3. The maximum absolute atomic E-state index is 13.8. The van der Waals surface area contributed by atoms with Gasteiger partial charge in [0.1, 0.15) is 24.7 Å². The van der Waals surface area contributed by atoms with Gasteiger partial charge in [-0.25, -0.2) is 19.6 Å². The van der Waals surface area contributed by atoms with Gasteiger partial charge >= 0.3 is 12.2 Å². The van der Waals surface area contributed by atoms with E-state index in [1.165, 1.54) is 14.2 Å². The SMILES string of the molecule is CC[C@H](C)N(Cc1nc2c(ccc3cc(-c4ccc(-c5cnc(CN(C(=O)CNC(=O)OC)[C@H](CC)[C@@]6(C)CCC[C@@H](C)O6)[nH]5)cc4COC)ccc32)[nH]1)C(=O)CNC(=O)OC. The number of amides is 4. The van der Waals surface area contributed by atoms with E-state index in [1.807, 2.05) is 32.9 Å². The number of benzene rings is 3. The van der Waals surface area contributed by atoms with Crippen molar-refractivity contribution >= 4 is 45.8 Å². The van der Waals surface area contributed by atoms with E-state index >= 15 is 0 Å². The molecule has 1 fully saturated rings. The molecule has 2 aromatic heterocycles. The molecule has 6 rings (SSSR count). The summed E-state index contributed by atoms with van der Waals surface area (Å²) in [6.45, 7) is 10.6. The minimum Gasteiger partial charge on any atom is -0.453 e. The molecule has 0 saturated carbocycles. The van der Waals surface area contributed by atoms with Crippen LogP contribution in [0.25, 0.3) is 44.2 Å². The first kappa shape index (κ1) is 45.5. The lowest BCUT2D eigenvalue weighted by atomic mass is 9.84. The largest absolute Gasteiger partial charge is 0.453 e. The molecule has 16 heteroatoms. The summed E-state index contributed by atoms with van der Waals surface area (Å²) in [4.78, 5) is 70.4. The maximum atomic E-state index is 13.8. The Morgan fingerprint density at radius 2 is 1.58 bits per heavy atom. The number of nitrogens with one attached hydrogen (secondary N) is 4. The zero-order chi connectivity index (χ0) is 44.6. The van der Waals surface area contributed by atoms with E-state index in [0.29, 0.717) is 24.7 Å². The Labute approximate surface area is 362 Å². The van der Waals surface area contributed by atoms with Crippen molar-refractivity contribution in [2.45, 2.75) is 110 Å². The lowest BCUT2D eigenvalue weighted by Gasteiger charge is -2.47. The van der Waals surface area contributed by atoms with Crippen molar-refractivity contribution in [2.75, 3.05) is 34.4 Å². The number of ether oxygens (including phenoxy) is 4. The second-order valence-corrected chi connectivity index (χ2v) is 16.2. The molecule has 332 valence electrons. The van der Waals surface area contributed by atoms with Crippen LogP contribution in [-0.2, 0) is 48.2 Å². The molecule has 4 amide bonds. The molecule has 16 nitrogen and oxygen atoms in total. The van der Waals surface area contributed by atoms with Gasteiger partial charge in [0.2, 0.25) is 11.8 Å². The Kier molecular flexibility index (Phi) is 14.9. The van der Waals surface area contributed by atoms with Crippen LogP contribution in [0.15, 0.2) is 54.7 Å². The van der Waals surface area contributed by atoms with Crippen molar-refractivity contribution in [1.29, 1.82) is 0 Å². The summed E-state index contributed by atoms with van der Waals surface area (Å²) in [5.41, 5.74) is 5.79. The zero-order valence-corrected chi connectivity index (χ0v) is 37.1. The number of methoxy groups -OCH3 is 3. The number of carbonyl (C=O) groups excluding carboxylic acids is 4. The predicted octanol–water partition coefficient (Wildman–Crippen LogP) is 7.21. The highest BCUT2D eigenvalue weighted by Gasteiger charge is 2.43. The zero-order valence-electron chi connectivity index (χ0n) is 37.1. The Morgan fingerprint density at radius 1 is 0.887 bits per heavy atom. The Morgan fingerprint density at radius 3 is 2.24 bits per heavy atom. The average molecular weight is 853 g/mol. The second-order valence-electron chi connectivity index (χ2n) is 16.2. The Hall–Kier alpha value is -6.00. The van der Waals surface area contributed by atoms with Crippen molar-refractivity contribution < 1.29 is 38.1 Å². The number of alkyl carbamates (subject to hydrolysis) is 2. The molecule has 0 unspecified atom stereocenters. The molecule has 3 heterocycles. The third-order valence-corrected chi connectivity index (χ3v) is 11.9. The quantitative estimate of drug-likeness (QED) is 0.0743. The number of rotatable bonds is 17. The molecule has 1 aliphatic rings. The average Bonchev–Trinajstić information content (AvgIpc) is 3.93. The first-order valence-corrected chi connectivity index (χ1v) is 21.3. The number of aromatic amines is 2. The first-order chi connectivity index (χ1) is 29.8. The fraction of sp³-hybridized carbons (Fsp3) is 0.478. The molecule has 0 spiro atoms. The van der Waals surface area contributed by atoms with E-state index in [4.69, 9.17) is 24.2 Å². The van der Waals surface area contributed by atoms with Crippen LogP contribution in [0.2, 0.25) is 0 Å². The van der Waals surface area contributed by atoms with Gasteiger partial charge in [-0.05, 0) is 98.7 Å². The minimum atomic E-state index is -0.674. The van der Waals surface area contributed by atoms with Gasteiger partial charge in [0, 0.05) is 18.5 Å². The van der Waals surface area contributed by atoms with Crippen LogP contribution in [0.5, 0.6) is 0 Å². The molecule has 4 N–H and O–H groups in total. The summed E-state index contributed by atoms with van der Waals surface area (Å²) in [6, 6.07) is 16.2. The summed E-state index contributed by atoms with van der Waals surface area (Å²) in [5.74, 6) is 0.757. The Bertz CT molecular complexity index is 2380. The third-order valence-electron chi connectivity index (χ3n) is 11.9. The maximum Gasteiger partial charge on any atom is 0.407 e. The van der Waals surface area contributed by atoms with E-state index in [2.05, 4.69) is 75.6 Å². The van der Waals surface area contributed by atoms with Gasteiger partial charge in [0.15, 0.2) is 0 Å². The van der Waals surface area contributed by atoms with Gasteiger partial charge in [-0.2, -0.15) is 0 Å². The van der Waals surface area contributed by atoms with Crippen LogP contribution in [0.3, 0.4) is 0 Å². The first-order valence-electron chi connectivity index (χ1n) is 21.3. The number of H-pyrrole nitrogens is 2. The fourth-order valence-corrected chi connectivity index (χ4v) is 8.60. The van der Waals surface area contributed by atoms with Crippen LogP contribution in [0.1, 0.15) is 83.9 Å². The monoisotopic (exact) mass is 852 g/mol. The summed E-state index contributed by atoms with van der Waals surface area (Å²) < 4.78 is 21.6. The standard InChI is InChI=1S/C46H60N8O8/c1-9-28(3)53(41(55)23-48-44(57)60-7)26-40-50-36-18-15-31-20-30(13-17-35(31)43(36)52-40)34-16-14-32(21-33(34)27-59-6)37-22-47-39(51-37)25-54(42(56)24-49-45(58)61-8)38(10-2)46(5)19-11-12-29(4)62-46/h13-18,20-22,28-29,38H,9-12,19,23-27H2,1-8H3,(H,47,51)(H,48,57)(H,49,58)(H,50,52)/t28-,29+,38+,46+/m0/s1. The van der Waals surface area contributed by atoms with Crippen LogP contribution < -0.4 is 10.6 Å². The lowest BCUT2D eigenvalue weighted by Crippen LogP contribution is -2.57. The van der Waals surface area contributed by atoms with Gasteiger partial charge in [-0.3, -0.25) is 9.59 Å². The normalized spacial score (nSPS) is 17.3. The van der Waals surface area contributed by atoms with Crippen molar-refractivity contribution in [3.05, 3.63) is 71.9 Å². The number of hydrogen-bond acceptors (Lipinski definition) is 10. The molecular weight excluding hydrogens is 793 g/mol. The summed E-state index contributed by atoms with van der Waals surface area (Å²) in [5, 5.41) is 7.00. The van der Waals surface area contributed by atoms with Crippen LogP contribution in [0, 0.1) is 0 Å². The van der Waals surface area contributed by atoms with Crippen molar-refractivity contribution in [1.82, 2.24) is 40.4 Å². The van der Waals surface area contributed by atoms with Crippen LogP contribution >= 0.6 is 0 Å². The number of aromatic nitrogens is 4. The van der Waals surface area contributed by atoms with Crippen LogP contribution in [0.4, 0.5) is 9.59 Å². The number of carbonyl (C=O) groups is 4. The smallest absolute Gasteiger partial charge is 0.407 e. The van der Waals surface area contributed by atoms with E-state index in [-0.39, 0.29) is 56.2 Å². The summed E-state index contributed by atoms with van der Waals surface area (Å²) >= 11 is 0. The fourth-order valence-electron chi connectivity index (χ4n) is 8.60. The molecule has 0 aliphatic carbocycles. The highest BCUT2D eigenvalue weighted by Crippen LogP contribution is 2.37. The topological polar surface area (TPSA) is 193 Å². The molecule has 0 radical (unpaired) electrons. The molecule has 0 bridgehead atoms. The van der Waals surface area contributed by atoms with Gasteiger partial charge in [-0.15, -0.1) is 0 Å². The molecule has 1 saturated heterocycles. The highest BCUT2D eigenvalue weighted by atomic mass is 16.5. The van der Waals surface area contributed by atoms with Gasteiger partial charge in [0.05, 0.1) is 74.6 Å².